The molecular formula is C13H24N4O. The van der Waals surface area contributed by atoms with E-state index in [1.54, 1.807) is 0 Å². The summed E-state index contributed by atoms with van der Waals surface area (Å²) in [7, 11) is 1.90. The van der Waals surface area contributed by atoms with Crippen LogP contribution in [0.5, 0.6) is 0 Å². The average molecular weight is 252 g/mol. The summed E-state index contributed by atoms with van der Waals surface area (Å²) >= 11 is 0. The van der Waals surface area contributed by atoms with Crippen LogP contribution in [0, 0.1) is 6.92 Å². The van der Waals surface area contributed by atoms with E-state index >= 15 is 0 Å². The molecule has 1 atom stereocenters. The van der Waals surface area contributed by atoms with Crippen molar-refractivity contribution >= 4 is 5.91 Å². The topological polar surface area (TPSA) is 72.9 Å². The molecule has 1 heterocycles. The van der Waals surface area contributed by atoms with Gasteiger partial charge in [-0.15, -0.1) is 0 Å². The maximum absolute atomic E-state index is 11.7. The number of aromatic nitrogens is 2. The highest BCUT2D eigenvalue weighted by molar-refractivity contribution is 5.76. The van der Waals surface area contributed by atoms with Crippen LogP contribution in [0.3, 0.4) is 0 Å². The molecule has 1 rings (SSSR count). The lowest BCUT2D eigenvalue weighted by Gasteiger charge is -2.13. The third kappa shape index (κ3) is 4.14. The zero-order valence-corrected chi connectivity index (χ0v) is 11.6. The number of nitrogens with zero attached hydrogens (tertiary/aromatic N) is 2. The standard InChI is InChI=1S/C13H24N4O/c1-10(12-9-15-17(3)11(12)2)16-13(18)7-5-4-6-8-14/h9-10H,4-8,14H2,1-3H3,(H,16,18). The van der Waals surface area contributed by atoms with Gasteiger partial charge in [0.25, 0.3) is 0 Å². The van der Waals surface area contributed by atoms with Crippen molar-refractivity contribution in [3.05, 3.63) is 17.5 Å². The lowest BCUT2D eigenvalue weighted by Crippen LogP contribution is -2.26. The van der Waals surface area contributed by atoms with Gasteiger partial charge in [-0.05, 0) is 33.2 Å². The fourth-order valence-electron chi connectivity index (χ4n) is 1.94. The van der Waals surface area contributed by atoms with Gasteiger partial charge in [-0.3, -0.25) is 9.48 Å². The minimum atomic E-state index is 0.0145. The fourth-order valence-corrected chi connectivity index (χ4v) is 1.94. The van der Waals surface area contributed by atoms with Gasteiger partial charge in [-0.1, -0.05) is 6.42 Å². The van der Waals surface area contributed by atoms with Crippen LogP contribution < -0.4 is 11.1 Å². The summed E-state index contributed by atoms with van der Waals surface area (Å²) in [4.78, 5) is 11.7. The number of carbonyl (C=O) groups excluding carboxylic acids is 1. The van der Waals surface area contributed by atoms with Gasteiger partial charge in [-0.2, -0.15) is 5.10 Å². The molecule has 0 aliphatic rings. The van der Waals surface area contributed by atoms with Crippen LogP contribution in [0.15, 0.2) is 6.20 Å². The molecule has 0 saturated carbocycles. The zero-order valence-electron chi connectivity index (χ0n) is 11.6. The second-order valence-corrected chi connectivity index (χ2v) is 4.70. The van der Waals surface area contributed by atoms with Crippen LogP contribution in [0.2, 0.25) is 0 Å². The van der Waals surface area contributed by atoms with Crippen LogP contribution >= 0.6 is 0 Å². The van der Waals surface area contributed by atoms with Gasteiger partial charge in [0.1, 0.15) is 0 Å². The Hall–Kier alpha value is -1.36. The van der Waals surface area contributed by atoms with Crippen LogP contribution in [-0.4, -0.2) is 22.2 Å². The minimum absolute atomic E-state index is 0.0145. The molecule has 3 N–H and O–H groups in total. The van der Waals surface area contributed by atoms with Crippen molar-refractivity contribution in [2.75, 3.05) is 6.54 Å². The first kappa shape index (κ1) is 14.7. The number of unbranched alkanes of at least 4 members (excludes halogenated alkanes) is 2. The number of hydrogen-bond acceptors (Lipinski definition) is 3. The largest absolute Gasteiger partial charge is 0.349 e. The second-order valence-electron chi connectivity index (χ2n) is 4.70. The van der Waals surface area contributed by atoms with E-state index in [1.807, 2.05) is 31.8 Å². The van der Waals surface area contributed by atoms with Gasteiger partial charge in [0.05, 0.1) is 12.2 Å². The lowest BCUT2D eigenvalue weighted by molar-refractivity contribution is -0.121. The Bertz CT molecular complexity index is 386. The Labute approximate surface area is 109 Å². The maximum atomic E-state index is 11.7. The number of nitrogens with two attached hydrogens (primary N) is 1. The maximum Gasteiger partial charge on any atom is 0.220 e. The van der Waals surface area contributed by atoms with Crippen molar-refractivity contribution < 1.29 is 4.79 Å². The van der Waals surface area contributed by atoms with E-state index in [-0.39, 0.29) is 11.9 Å². The number of hydrogen-bond donors (Lipinski definition) is 2. The molecule has 0 aliphatic carbocycles. The van der Waals surface area contributed by atoms with E-state index in [1.165, 1.54) is 0 Å². The Morgan fingerprint density at radius 1 is 1.50 bits per heavy atom. The second kappa shape index (κ2) is 7.16. The average Bonchev–Trinajstić information content (AvgIpc) is 2.66. The van der Waals surface area contributed by atoms with Crippen LogP contribution in [-0.2, 0) is 11.8 Å². The van der Waals surface area contributed by atoms with Crippen molar-refractivity contribution in [2.45, 2.75) is 45.6 Å². The van der Waals surface area contributed by atoms with E-state index in [9.17, 15) is 4.79 Å². The summed E-state index contributed by atoms with van der Waals surface area (Å²) in [5.41, 5.74) is 7.58. The molecule has 0 bridgehead atoms. The molecule has 0 aliphatic heterocycles. The summed E-state index contributed by atoms with van der Waals surface area (Å²) in [5.74, 6) is 0.0998. The molecule has 18 heavy (non-hydrogen) atoms. The Morgan fingerprint density at radius 3 is 2.78 bits per heavy atom. The summed E-state index contributed by atoms with van der Waals surface area (Å²) < 4.78 is 1.82. The molecule has 102 valence electrons. The highest BCUT2D eigenvalue weighted by atomic mass is 16.1. The first-order valence-electron chi connectivity index (χ1n) is 6.54. The molecule has 1 aromatic heterocycles. The van der Waals surface area contributed by atoms with Gasteiger partial charge in [0.15, 0.2) is 0 Å². The zero-order chi connectivity index (χ0) is 13.5. The lowest BCUT2D eigenvalue weighted by atomic mass is 10.1. The van der Waals surface area contributed by atoms with E-state index < -0.39 is 0 Å². The van der Waals surface area contributed by atoms with E-state index in [0.29, 0.717) is 13.0 Å². The molecule has 1 amide bonds. The molecule has 0 radical (unpaired) electrons. The van der Waals surface area contributed by atoms with Crippen LogP contribution in [0.4, 0.5) is 0 Å². The highest BCUT2D eigenvalue weighted by Gasteiger charge is 2.13. The first-order valence-corrected chi connectivity index (χ1v) is 6.54. The summed E-state index contributed by atoms with van der Waals surface area (Å²) in [6.45, 7) is 4.70. The number of rotatable bonds is 7. The predicted molar refractivity (Wildman–Crippen MR) is 72.0 cm³/mol. The molecule has 1 unspecified atom stereocenters. The van der Waals surface area contributed by atoms with Gasteiger partial charge < -0.3 is 11.1 Å². The normalized spacial score (nSPS) is 12.4. The number of carbonyl (C=O) groups is 1. The van der Waals surface area contributed by atoms with Crippen molar-refractivity contribution in [3.8, 4) is 0 Å². The molecule has 0 aromatic carbocycles. The molecular weight excluding hydrogens is 228 g/mol. The van der Waals surface area contributed by atoms with Gasteiger partial charge in [-0.25, -0.2) is 0 Å². The molecule has 5 nitrogen and oxygen atoms in total. The molecule has 0 spiro atoms. The number of amides is 1. The molecule has 0 saturated heterocycles. The third-order valence-corrected chi connectivity index (χ3v) is 3.23. The Morgan fingerprint density at radius 2 is 2.22 bits per heavy atom. The summed E-state index contributed by atoms with van der Waals surface area (Å²) in [5, 5.41) is 7.19. The third-order valence-electron chi connectivity index (χ3n) is 3.23. The monoisotopic (exact) mass is 252 g/mol. The van der Waals surface area contributed by atoms with Crippen molar-refractivity contribution in [3.63, 3.8) is 0 Å². The Balaban J connectivity index is 2.38. The smallest absolute Gasteiger partial charge is 0.220 e. The summed E-state index contributed by atoms with van der Waals surface area (Å²) in [6, 6.07) is 0.0145. The molecule has 5 heteroatoms. The summed E-state index contributed by atoms with van der Waals surface area (Å²) in [6.07, 6.45) is 5.30. The van der Waals surface area contributed by atoms with E-state index in [2.05, 4.69) is 10.4 Å². The molecule has 1 aromatic rings. The fraction of sp³-hybridized carbons (Fsp3) is 0.692. The van der Waals surface area contributed by atoms with Crippen molar-refractivity contribution in [1.29, 1.82) is 0 Å². The van der Waals surface area contributed by atoms with Gasteiger partial charge >= 0.3 is 0 Å². The van der Waals surface area contributed by atoms with Crippen LogP contribution in [0.25, 0.3) is 0 Å². The van der Waals surface area contributed by atoms with Gasteiger partial charge in [0, 0.05) is 24.7 Å². The van der Waals surface area contributed by atoms with Crippen molar-refractivity contribution in [2.24, 2.45) is 12.8 Å². The molecule has 0 fully saturated rings. The SMILES string of the molecule is Cc1c(C(C)NC(=O)CCCCCN)cnn1C. The van der Waals surface area contributed by atoms with Crippen molar-refractivity contribution in [1.82, 2.24) is 15.1 Å². The van der Waals surface area contributed by atoms with Gasteiger partial charge in [0.2, 0.25) is 5.91 Å². The number of nitrogens with one attached hydrogen (secondary N) is 1. The predicted octanol–water partition coefficient (Wildman–Crippen LogP) is 1.42. The quantitative estimate of drug-likeness (QED) is 0.721. The van der Waals surface area contributed by atoms with E-state index in [0.717, 1.165) is 30.5 Å². The minimum Gasteiger partial charge on any atom is -0.349 e. The van der Waals surface area contributed by atoms with Crippen LogP contribution in [0.1, 0.15) is 49.9 Å². The first-order chi connectivity index (χ1) is 8.56. The number of aryl methyl sites for hydroxylation is 1. The Kier molecular flexibility index (Phi) is 5.85. The van der Waals surface area contributed by atoms with E-state index in [4.69, 9.17) is 5.73 Å². The highest BCUT2D eigenvalue weighted by Crippen LogP contribution is 2.16.